The number of rotatable bonds is 2. The fourth-order valence-corrected chi connectivity index (χ4v) is 5.42. The van der Waals surface area contributed by atoms with Crippen molar-refractivity contribution in [2.24, 2.45) is 0 Å². The number of nitrogens with one attached hydrogen (secondary N) is 1. The van der Waals surface area contributed by atoms with Gasteiger partial charge in [-0.05, 0) is 62.3 Å². The molecular formula is C23H25N3O3. The molecule has 4 aliphatic rings. The Bertz CT molecular complexity index is 1070. The number of amides is 1. The highest BCUT2D eigenvalue weighted by Gasteiger charge is 2.46. The van der Waals surface area contributed by atoms with Crippen molar-refractivity contribution in [3.63, 3.8) is 0 Å². The third kappa shape index (κ3) is 2.72. The fourth-order valence-electron chi connectivity index (χ4n) is 5.42. The summed E-state index contributed by atoms with van der Waals surface area (Å²) in [5.41, 5.74) is 3.55. The molecule has 6 heteroatoms. The number of fused-ring (bicyclic) bond motifs is 3. The lowest BCUT2D eigenvalue weighted by Gasteiger charge is -2.40. The molecule has 1 aromatic heterocycles. The molecule has 6 rings (SSSR count). The lowest BCUT2D eigenvalue weighted by Crippen LogP contribution is -2.48. The first-order chi connectivity index (χ1) is 14.1. The minimum absolute atomic E-state index is 0.0378. The quantitative estimate of drug-likeness (QED) is 0.854. The predicted molar refractivity (Wildman–Crippen MR) is 108 cm³/mol. The summed E-state index contributed by atoms with van der Waals surface area (Å²) in [6.45, 7) is 2.12. The molecule has 6 nitrogen and oxygen atoms in total. The summed E-state index contributed by atoms with van der Waals surface area (Å²) in [4.78, 5) is 35.9. The highest BCUT2D eigenvalue weighted by molar-refractivity contribution is 5.95. The van der Waals surface area contributed by atoms with Crippen LogP contribution in [0.2, 0.25) is 0 Å². The van der Waals surface area contributed by atoms with Crippen LogP contribution in [0, 0.1) is 0 Å². The van der Waals surface area contributed by atoms with E-state index >= 15 is 0 Å². The van der Waals surface area contributed by atoms with Crippen molar-refractivity contribution in [3.8, 4) is 5.75 Å². The van der Waals surface area contributed by atoms with Crippen LogP contribution in [-0.2, 0) is 18.3 Å². The van der Waals surface area contributed by atoms with Gasteiger partial charge in [0.2, 0.25) is 0 Å². The van der Waals surface area contributed by atoms with Crippen molar-refractivity contribution in [3.05, 3.63) is 56.8 Å². The van der Waals surface area contributed by atoms with Crippen molar-refractivity contribution in [1.82, 2.24) is 14.9 Å². The summed E-state index contributed by atoms with van der Waals surface area (Å²) >= 11 is 0. The molecule has 1 aromatic carbocycles. The molecule has 1 N–H and O–H groups in total. The number of nitrogens with zero attached hydrogens (tertiary/aromatic N) is 2. The zero-order chi connectivity index (χ0) is 19.6. The lowest BCUT2D eigenvalue weighted by atomic mass is 9.77. The first kappa shape index (κ1) is 17.2. The minimum Gasteiger partial charge on any atom is -0.493 e. The first-order valence-corrected chi connectivity index (χ1v) is 10.8. The van der Waals surface area contributed by atoms with Crippen LogP contribution in [0.25, 0.3) is 0 Å². The van der Waals surface area contributed by atoms with Crippen molar-refractivity contribution >= 4 is 5.91 Å². The number of ether oxygens (including phenoxy) is 1. The largest absolute Gasteiger partial charge is 0.493 e. The molecular weight excluding hydrogens is 366 g/mol. The van der Waals surface area contributed by atoms with Gasteiger partial charge in [-0.25, -0.2) is 4.98 Å². The molecule has 2 fully saturated rings. The fraction of sp³-hybridized carbons (Fsp3) is 0.522. The second-order valence-corrected chi connectivity index (χ2v) is 9.08. The Hall–Kier alpha value is -2.63. The van der Waals surface area contributed by atoms with Gasteiger partial charge in [0.15, 0.2) is 0 Å². The molecule has 0 radical (unpaired) electrons. The van der Waals surface area contributed by atoms with Gasteiger partial charge in [0.25, 0.3) is 11.5 Å². The predicted octanol–water partition coefficient (Wildman–Crippen LogP) is 2.70. The van der Waals surface area contributed by atoms with Crippen LogP contribution >= 0.6 is 0 Å². The number of hydrogen-bond donors (Lipinski definition) is 1. The van der Waals surface area contributed by atoms with E-state index in [0.717, 1.165) is 85.4 Å². The topological polar surface area (TPSA) is 75.3 Å². The summed E-state index contributed by atoms with van der Waals surface area (Å²) in [7, 11) is 0. The number of piperidine rings is 1. The number of benzene rings is 1. The second kappa shape index (κ2) is 6.18. The van der Waals surface area contributed by atoms with Crippen LogP contribution < -0.4 is 10.3 Å². The van der Waals surface area contributed by atoms with Crippen LogP contribution in [0.15, 0.2) is 23.0 Å². The summed E-state index contributed by atoms with van der Waals surface area (Å²) in [6, 6.07) is 5.79. The number of carbonyl (C=O) groups is 1. The molecule has 1 saturated carbocycles. The van der Waals surface area contributed by atoms with Gasteiger partial charge < -0.3 is 14.6 Å². The Morgan fingerprint density at radius 1 is 1.24 bits per heavy atom. The molecule has 29 heavy (non-hydrogen) atoms. The zero-order valence-corrected chi connectivity index (χ0v) is 16.5. The summed E-state index contributed by atoms with van der Waals surface area (Å²) in [5, 5.41) is 0. The molecule has 2 aliphatic heterocycles. The number of hydrogen-bond acceptors (Lipinski definition) is 4. The maximum atomic E-state index is 13.3. The normalized spacial score (nSPS) is 25.0. The van der Waals surface area contributed by atoms with E-state index in [4.69, 9.17) is 9.72 Å². The van der Waals surface area contributed by atoms with Gasteiger partial charge in [-0.1, -0.05) is 0 Å². The molecule has 1 saturated heterocycles. The van der Waals surface area contributed by atoms with Crippen molar-refractivity contribution in [1.29, 1.82) is 0 Å². The van der Waals surface area contributed by atoms with Crippen LogP contribution in [-0.4, -0.2) is 40.5 Å². The van der Waals surface area contributed by atoms with Gasteiger partial charge in [0.1, 0.15) is 11.6 Å². The van der Waals surface area contributed by atoms with E-state index in [1.54, 1.807) is 0 Å². The van der Waals surface area contributed by atoms with Crippen LogP contribution in [0.5, 0.6) is 5.75 Å². The molecule has 3 heterocycles. The monoisotopic (exact) mass is 391 g/mol. The number of likely N-dealkylation sites (tertiary alicyclic amines) is 1. The SMILES string of the molecule is O=C(c1ccc2c(c1)CCO2)N1CCCC2(CCc3c2nc(C2CC2)[nH]c3=O)C1. The van der Waals surface area contributed by atoms with Gasteiger partial charge in [0.05, 0.1) is 12.3 Å². The molecule has 1 unspecified atom stereocenters. The minimum atomic E-state index is -0.166. The van der Waals surface area contributed by atoms with E-state index in [-0.39, 0.29) is 16.9 Å². The number of H-pyrrole nitrogens is 1. The highest BCUT2D eigenvalue weighted by atomic mass is 16.5. The maximum absolute atomic E-state index is 13.3. The molecule has 0 bridgehead atoms. The van der Waals surface area contributed by atoms with Crippen molar-refractivity contribution in [2.45, 2.75) is 56.3 Å². The smallest absolute Gasteiger partial charge is 0.254 e. The van der Waals surface area contributed by atoms with E-state index in [1.807, 2.05) is 23.1 Å². The van der Waals surface area contributed by atoms with E-state index in [1.165, 1.54) is 0 Å². The molecule has 1 amide bonds. The van der Waals surface area contributed by atoms with Crippen LogP contribution in [0.3, 0.4) is 0 Å². The standard InChI is InChI=1S/C23H25N3O3/c27-21-17-6-9-23(19(17)24-20(25-21)14-2-3-14)8-1-10-26(13-23)22(28)16-4-5-18-15(12-16)7-11-29-18/h4-5,12,14H,1-3,6-11,13H2,(H,24,25,27). The third-order valence-corrected chi connectivity index (χ3v) is 7.15. The number of aromatic amines is 1. The first-order valence-electron chi connectivity index (χ1n) is 10.8. The molecule has 1 atom stereocenters. The van der Waals surface area contributed by atoms with Gasteiger partial charge in [0, 0.05) is 42.0 Å². The Morgan fingerprint density at radius 3 is 3.00 bits per heavy atom. The Balaban J connectivity index is 1.32. The highest BCUT2D eigenvalue weighted by Crippen LogP contribution is 2.45. The Labute approximate surface area is 169 Å². The van der Waals surface area contributed by atoms with Crippen LogP contribution in [0.1, 0.15) is 71.0 Å². The van der Waals surface area contributed by atoms with Crippen LogP contribution in [0.4, 0.5) is 0 Å². The molecule has 2 aromatic rings. The average Bonchev–Trinajstić information content (AvgIpc) is 3.39. The van der Waals surface area contributed by atoms with Gasteiger partial charge >= 0.3 is 0 Å². The maximum Gasteiger partial charge on any atom is 0.254 e. The second-order valence-electron chi connectivity index (χ2n) is 9.08. The van der Waals surface area contributed by atoms with E-state index in [2.05, 4.69) is 4.98 Å². The average molecular weight is 391 g/mol. The van der Waals surface area contributed by atoms with Gasteiger partial charge in [-0.3, -0.25) is 9.59 Å². The summed E-state index contributed by atoms with van der Waals surface area (Å²) < 4.78 is 5.57. The molecule has 150 valence electrons. The van der Waals surface area contributed by atoms with Gasteiger partial charge in [-0.15, -0.1) is 0 Å². The summed E-state index contributed by atoms with van der Waals surface area (Å²) in [5.74, 6) is 2.26. The Kier molecular flexibility index (Phi) is 3.68. The third-order valence-electron chi connectivity index (χ3n) is 7.15. The lowest BCUT2D eigenvalue weighted by molar-refractivity contribution is 0.0633. The van der Waals surface area contributed by atoms with E-state index in [9.17, 15) is 9.59 Å². The number of aromatic nitrogens is 2. The van der Waals surface area contributed by atoms with Crippen molar-refractivity contribution in [2.75, 3.05) is 19.7 Å². The summed E-state index contributed by atoms with van der Waals surface area (Å²) in [6.07, 6.45) is 6.72. The van der Waals surface area contributed by atoms with E-state index in [0.29, 0.717) is 19.1 Å². The zero-order valence-electron chi connectivity index (χ0n) is 16.5. The van der Waals surface area contributed by atoms with Crippen molar-refractivity contribution < 1.29 is 9.53 Å². The Morgan fingerprint density at radius 2 is 2.14 bits per heavy atom. The van der Waals surface area contributed by atoms with E-state index < -0.39 is 0 Å². The molecule has 2 aliphatic carbocycles. The molecule has 1 spiro atoms. The number of carbonyl (C=O) groups excluding carboxylic acids is 1. The van der Waals surface area contributed by atoms with Gasteiger partial charge in [-0.2, -0.15) is 0 Å².